The van der Waals surface area contributed by atoms with E-state index in [0.29, 0.717) is 5.56 Å². The molecule has 8 nitrogen and oxygen atoms in total. The Labute approximate surface area is 226 Å². The maximum atomic E-state index is 13.9. The highest BCUT2D eigenvalue weighted by Gasteiger charge is 2.33. The van der Waals surface area contributed by atoms with Gasteiger partial charge in [-0.25, -0.2) is 4.39 Å². The molecule has 1 saturated carbocycles. The summed E-state index contributed by atoms with van der Waals surface area (Å²) in [5.41, 5.74) is 3.29. The lowest BCUT2D eigenvalue weighted by Crippen LogP contribution is -2.46. The highest BCUT2D eigenvalue weighted by molar-refractivity contribution is 5.89. The lowest BCUT2D eigenvalue weighted by Gasteiger charge is -2.32. The predicted molar refractivity (Wildman–Crippen MR) is 145 cm³/mol. The first-order valence-corrected chi connectivity index (χ1v) is 13.2. The van der Waals surface area contributed by atoms with E-state index >= 15 is 0 Å². The highest BCUT2D eigenvalue weighted by Crippen LogP contribution is 2.27. The summed E-state index contributed by atoms with van der Waals surface area (Å²) in [5.74, 6) is -0.606. The molecule has 1 heterocycles. The number of carbonyl (C=O) groups excluding carboxylic acids is 2. The summed E-state index contributed by atoms with van der Waals surface area (Å²) in [6.07, 6.45) is 4.05. The van der Waals surface area contributed by atoms with Gasteiger partial charge in [-0.05, 0) is 60.4 Å². The van der Waals surface area contributed by atoms with Crippen molar-refractivity contribution in [1.29, 1.82) is 0 Å². The van der Waals surface area contributed by atoms with Crippen LogP contribution in [0.5, 0.6) is 0 Å². The molecule has 1 aromatic heterocycles. The minimum absolute atomic E-state index is 0.106. The molecular weight excluding hydrogens is 495 g/mol. The number of rotatable bonds is 9. The molecule has 5 rings (SSSR count). The van der Waals surface area contributed by atoms with Crippen LogP contribution >= 0.6 is 0 Å². The van der Waals surface area contributed by atoms with Gasteiger partial charge in [0.05, 0.1) is 0 Å². The van der Waals surface area contributed by atoms with Gasteiger partial charge in [0.1, 0.15) is 18.4 Å². The number of carbonyl (C=O) groups is 2. The molecule has 1 fully saturated rings. The first-order valence-electron chi connectivity index (χ1n) is 13.2. The number of aromatic nitrogens is 4. The van der Waals surface area contributed by atoms with E-state index in [2.05, 4.69) is 20.7 Å². The van der Waals surface area contributed by atoms with Gasteiger partial charge in [-0.3, -0.25) is 9.59 Å². The molecule has 0 unspecified atom stereocenters. The standard InChI is InChI=1S/C30H31FN6O2/c1-21-11-13-23(14-12-21)28(30(39)32-26-9-5-6-10-26)36(19-22-7-3-2-4-8-22)27(38)20-37-34-29(33-35-37)24-15-17-25(31)18-16-24/h2-4,7-8,11-18,26,28H,5-6,9-10,19-20H2,1H3,(H,32,39)/t28-/m1/s1. The van der Waals surface area contributed by atoms with Crippen molar-refractivity contribution in [1.82, 2.24) is 30.4 Å². The number of hydrogen-bond donors (Lipinski definition) is 1. The van der Waals surface area contributed by atoms with Gasteiger partial charge in [0.25, 0.3) is 0 Å². The molecule has 4 aromatic rings. The van der Waals surface area contributed by atoms with E-state index in [1.165, 1.54) is 16.9 Å². The predicted octanol–water partition coefficient (Wildman–Crippen LogP) is 4.62. The molecule has 0 saturated heterocycles. The fourth-order valence-electron chi connectivity index (χ4n) is 4.91. The number of aryl methyl sites for hydroxylation is 1. The molecule has 1 aliphatic carbocycles. The van der Waals surface area contributed by atoms with Gasteiger partial charge in [0, 0.05) is 18.2 Å². The van der Waals surface area contributed by atoms with Gasteiger partial charge in [0.15, 0.2) is 0 Å². The van der Waals surface area contributed by atoms with Gasteiger partial charge in [0.2, 0.25) is 17.6 Å². The lowest BCUT2D eigenvalue weighted by molar-refractivity contribution is -0.142. The third-order valence-electron chi connectivity index (χ3n) is 7.00. The van der Waals surface area contributed by atoms with E-state index in [1.54, 1.807) is 17.0 Å². The van der Waals surface area contributed by atoms with Gasteiger partial charge in [-0.2, -0.15) is 4.80 Å². The average Bonchev–Trinajstić information content (AvgIpc) is 3.63. The lowest BCUT2D eigenvalue weighted by atomic mass is 10.0. The highest BCUT2D eigenvalue weighted by atomic mass is 19.1. The molecule has 1 aliphatic rings. The third-order valence-corrected chi connectivity index (χ3v) is 7.00. The number of amides is 2. The SMILES string of the molecule is Cc1ccc([C@H](C(=O)NC2CCCC2)N(Cc2ccccc2)C(=O)Cn2nnc(-c3ccc(F)cc3)n2)cc1. The number of tetrazole rings is 1. The smallest absolute Gasteiger partial charge is 0.247 e. The van der Waals surface area contributed by atoms with Crippen molar-refractivity contribution in [3.05, 3.63) is 101 Å². The van der Waals surface area contributed by atoms with Crippen molar-refractivity contribution in [3.8, 4) is 11.4 Å². The fraction of sp³-hybridized carbons (Fsp3) is 0.300. The van der Waals surface area contributed by atoms with Crippen molar-refractivity contribution < 1.29 is 14.0 Å². The first kappa shape index (κ1) is 26.2. The van der Waals surface area contributed by atoms with Gasteiger partial charge >= 0.3 is 0 Å². The van der Waals surface area contributed by atoms with E-state index in [-0.39, 0.29) is 42.6 Å². The second-order valence-electron chi connectivity index (χ2n) is 9.96. The Balaban J connectivity index is 1.45. The summed E-state index contributed by atoms with van der Waals surface area (Å²) in [5, 5.41) is 15.6. The second-order valence-corrected chi connectivity index (χ2v) is 9.96. The summed E-state index contributed by atoms with van der Waals surface area (Å²) in [6.45, 7) is 2.01. The Hall–Kier alpha value is -4.40. The zero-order valence-electron chi connectivity index (χ0n) is 21.8. The van der Waals surface area contributed by atoms with E-state index in [9.17, 15) is 14.0 Å². The third kappa shape index (κ3) is 6.54. The van der Waals surface area contributed by atoms with E-state index in [1.807, 2.05) is 61.5 Å². The molecular formula is C30H31FN6O2. The van der Waals surface area contributed by atoms with Crippen LogP contribution in [-0.2, 0) is 22.7 Å². The Kier molecular flexibility index (Phi) is 8.05. The summed E-state index contributed by atoms with van der Waals surface area (Å²) < 4.78 is 13.3. The topological polar surface area (TPSA) is 93.0 Å². The molecule has 0 bridgehead atoms. The van der Waals surface area contributed by atoms with Crippen LogP contribution in [0.15, 0.2) is 78.9 Å². The second kappa shape index (κ2) is 12.0. The number of halogens is 1. The quantitative estimate of drug-likeness (QED) is 0.344. The molecule has 200 valence electrons. The van der Waals surface area contributed by atoms with E-state index in [4.69, 9.17) is 0 Å². The Morgan fingerprint density at radius 2 is 1.69 bits per heavy atom. The van der Waals surface area contributed by atoms with Crippen molar-refractivity contribution in [3.63, 3.8) is 0 Å². The minimum Gasteiger partial charge on any atom is -0.351 e. The van der Waals surface area contributed by atoms with Crippen molar-refractivity contribution in [2.75, 3.05) is 0 Å². The Morgan fingerprint density at radius 3 is 2.38 bits per heavy atom. The van der Waals surface area contributed by atoms with Crippen LogP contribution in [-0.4, -0.2) is 43.0 Å². The molecule has 0 spiro atoms. The van der Waals surface area contributed by atoms with Gasteiger partial charge in [-0.1, -0.05) is 73.0 Å². The molecule has 1 N–H and O–H groups in total. The van der Waals surface area contributed by atoms with Gasteiger partial charge in [-0.15, -0.1) is 10.2 Å². The van der Waals surface area contributed by atoms with Crippen LogP contribution < -0.4 is 5.32 Å². The van der Waals surface area contributed by atoms with Crippen LogP contribution in [0.1, 0.15) is 48.4 Å². The minimum atomic E-state index is -0.834. The van der Waals surface area contributed by atoms with Crippen LogP contribution in [0.2, 0.25) is 0 Å². The summed E-state index contributed by atoms with van der Waals surface area (Å²) in [6, 6.07) is 22.3. The monoisotopic (exact) mass is 526 g/mol. The Bertz CT molecular complexity index is 1400. The normalized spacial score (nSPS) is 14.2. The molecule has 2 amide bonds. The number of benzene rings is 3. The van der Waals surface area contributed by atoms with E-state index in [0.717, 1.165) is 42.4 Å². The van der Waals surface area contributed by atoms with Crippen LogP contribution in [0.25, 0.3) is 11.4 Å². The van der Waals surface area contributed by atoms with Crippen LogP contribution in [0.3, 0.4) is 0 Å². The Morgan fingerprint density at radius 1 is 1.00 bits per heavy atom. The van der Waals surface area contributed by atoms with Gasteiger partial charge < -0.3 is 10.2 Å². The zero-order valence-corrected chi connectivity index (χ0v) is 21.8. The molecule has 3 aromatic carbocycles. The fourth-order valence-corrected chi connectivity index (χ4v) is 4.91. The molecule has 9 heteroatoms. The average molecular weight is 527 g/mol. The number of hydrogen-bond acceptors (Lipinski definition) is 5. The summed E-state index contributed by atoms with van der Waals surface area (Å²) in [4.78, 5) is 30.5. The summed E-state index contributed by atoms with van der Waals surface area (Å²) >= 11 is 0. The van der Waals surface area contributed by atoms with Crippen LogP contribution in [0.4, 0.5) is 4.39 Å². The zero-order chi connectivity index (χ0) is 27.2. The summed E-state index contributed by atoms with van der Waals surface area (Å²) in [7, 11) is 0. The molecule has 0 aliphatic heterocycles. The van der Waals surface area contributed by atoms with Crippen molar-refractivity contribution in [2.45, 2.75) is 57.8 Å². The largest absolute Gasteiger partial charge is 0.351 e. The maximum absolute atomic E-state index is 13.9. The molecule has 0 radical (unpaired) electrons. The number of nitrogens with one attached hydrogen (secondary N) is 1. The maximum Gasteiger partial charge on any atom is 0.247 e. The van der Waals surface area contributed by atoms with Crippen molar-refractivity contribution >= 4 is 11.8 Å². The molecule has 39 heavy (non-hydrogen) atoms. The number of nitrogens with zero attached hydrogens (tertiary/aromatic N) is 5. The first-order chi connectivity index (χ1) is 19.0. The molecule has 1 atom stereocenters. The van der Waals surface area contributed by atoms with Crippen molar-refractivity contribution in [2.24, 2.45) is 0 Å². The van der Waals surface area contributed by atoms with Crippen LogP contribution in [0, 0.1) is 12.7 Å². The van der Waals surface area contributed by atoms with E-state index < -0.39 is 6.04 Å².